The number of benzene rings is 1. The second-order valence-corrected chi connectivity index (χ2v) is 11.2. The third-order valence-corrected chi connectivity index (χ3v) is 8.88. The Labute approximate surface area is 198 Å². The Morgan fingerprint density at radius 2 is 2.09 bits per heavy atom. The average molecular weight is 481 g/mol. The molecule has 5 rings (SSSR count). The summed E-state index contributed by atoms with van der Waals surface area (Å²) in [7, 11) is -2.17. The Balaban J connectivity index is 1.44. The fraction of sp³-hybridized carbons (Fsp3) is 0.375. The number of rotatable bonds is 6. The number of allylic oxidation sites excluding steroid dienone is 1. The Bertz CT molecular complexity index is 1420. The van der Waals surface area contributed by atoms with Gasteiger partial charge in [-0.15, -0.1) is 0 Å². The third-order valence-electron chi connectivity index (χ3n) is 7.18. The van der Waals surface area contributed by atoms with Gasteiger partial charge in [0.2, 0.25) is 0 Å². The van der Waals surface area contributed by atoms with Crippen molar-refractivity contribution < 1.29 is 12.8 Å². The minimum atomic E-state index is -3.88. The van der Waals surface area contributed by atoms with Gasteiger partial charge in [-0.05, 0) is 66.5 Å². The molecule has 0 spiro atoms. The van der Waals surface area contributed by atoms with Crippen LogP contribution in [0.3, 0.4) is 0 Å². The molecule has 0 amide bonds. The second-order valence-electron chi connectivity index (χ2n) is 9.28. The van der Waals surface area contributed by atoms with Gasteiger partial charge >= 0.3 is 0 Å². The minimum absolute atomic E-state index is 0.0457. The third kappa shape index (κ3) is 3.65. The molecule has 2 aliphatic rings. The summed E-state index contributed by atoms with van der Waals surface area (Å²) < 4.78 is 44.5. The number of sulfonamides is 1. The van der Waals surface area contributed by atoms with E-state index in [1.54, 1.807) is 23.7 Å². The molecule has 10 heteroatoms. The molecule has 0 radical (unpaired) electrons. The molecule has 1 aromatic carbocycles. The van der Waals surface area contributed by atoms with Crippen LogP contribution in [0.1, 0.15) is 31.0 Å². The summed E-state index contributed by atoms with van der Waals surface area (Å²) in [6.45, 7) is 2.20. The van der Waals surface area contributed by atoms with Gasteiger partial charge in [0.1, 0.15) is 12.4 Å². The Kier molecular flexibility index (Phi) is 5.41. The molecule has 2 aliphatic carbocycles. The number of aryl methyl sites for hydroxylation is 1. The van der Waals surface area contributed by atoms with Gasteiger partial charge in [-0.2, -0.15) is 14.7 Å². The highest BCUT2D eigenvalue weighted by atomic mass is 32.2. The standard InChI is InChI=1S/C24H25FN6O2S/c1-24-12-17-13-28-31(21-7-5-20(25)6-8-21)22(17)11-18(24)3-4-19(24)14-30(10-9-26)34(32,33)23-15-29(2)16-27-23/h5-8,11,13,15-16,19H,3-4,10,12,14H2,1-2H3/t19-,24+/m1/s1. The van der Waals surface area contributed by atoms with E-state index in [1.807, 2.05) is 16.9 Å². The summed E-state index contributed by atoms with van der Waals surface area (Å²) in [4.78, 5) is 4.01. The van der Waals surface area contributed by atoms with Crippen molar-refractivity contribution in [2.75, 3.05) is 13.1 Å². The number of aromatic nitrogens is 4. The van der Waals surface area contributed by atoms with E-state index in [4.69, 9.17) is 0 Å². The molecule has 0 aliphatic heterocycles. The monoisotopic (exact) mass is 480 g/mol. The van der Waals surface area contributed by atoms with Crippen LogP contribution in [0.2, 0.25) is 0 Å². The van der Waals surface area contributed by atoms with Gasteiger partial charge in [0.05, 0.1) is 30.0 Å². The first kappa shape index (κ1) is 22.5. The van der Waals surface area contributed by atoms with E-state index in [1.165, 1.54) is 34.5 Å². The molecule has 2 aromatic heterocycles. The maximum absolute atomic E-state index is 13.4. The van der Waals surface area contributed by atoms with Crippen molar-refractivity contribution in [3.05, 3.63) is 65.6 Å². The summed E-state index contributed by atoms with van der Waals surface area (Å²) in [5.74, 6) is -0.246. The van der Waals surface area contributed by atoms with Crippen molar-refractivity contribution in [1.82, 2.24) is 23.6 Å². The van der Waals surface area contributed by atoms with E-state index in [0.29, 0.717) is 0 Å². The summed E-state index contributed by atoms with van der Waals surface area (Å²) in [5, 5.41) is 13.9. The van der Waals surface area contributed by atoms with Crippen molar-refractivity contribution >= 4 is 16.1 Å². The second kappa shape index (κ2) is 8.18. The predicted octanol–water partition coefficient (Wildman–Crippen LogP) is 3.32. The number of hydrogen-bond donors (Lipinski definition) is 0. The Morgan fingerprint density at radius 1 is 1.32 bits per heavy atom. The molecular formula is C24H25FN6O2S. The van der Waals surface area contributed by atoms with Crippen LogP contribution in [-0.2, 0) is 23.5 Å². The van der Waals surface area contributed by atoms with Gasteiger partial charge in [0.15, 0.2) is 5.03 Å². The smallest absolute Gasteiger partial charge is 0.263 e. The molecule has 1 fully saturated rings. The van der Waals surface area contributed by atoms with Crippen molar-refractivity contribution in [1.29, 1.82) is 5.26 Å². The van der Waals surface area contributed by atoms with E-state index in [0.717, 1.165) is 36.2 Å². The number of imidazole rings is 1. The molecule has 0 bridgehead atoms. The molecule has 8 nitrogen and oxygen atoms in total. The lowest BCUT2D eigenvalue weighted by Gasteiger charge is -2.37. The summed E-state index contributed by atoms with van der Waals surface area (Å²) in [5.41, 5.74) is 3.86. The lowest BCUT2D eigenvalue weighted by atomic mass is 9.70. The number of hydrogen-bond acceptors (Lipinski definition) is 5. The topological polar surface area (TPSA) is 96.8 Å². The number of nitriles is 1. The van der Waals surface area contributed by atoms with Crippen LogP contribution < -0.4 is 0 Å². The zero-order valence-electron chi connectivity index (χ0n) is 19.0. The van der Waals surface area contributed by atoms with E-state index in [9.17, 15) is 18.1 Å². The van der Waals surface area contributed by atoms with E-state index < -0.39 is 10.0 Å². The number of halogens is 1. The van der Waals surface area contributed by atoms with Gasteiger partial charge < -0.3 is 4.57 Å². The molecule has 0 saturated heterocycles. The Hall–Kier alpha value is -3.29. The maximum Gasteiger partial charge on any atom is 0.263 e. The molecule has 34 heavy (non-hydrogen) atoms. The summed E-state index contributed by atoms with van der Waals surface area (Å²) in [6, 6.07) is 8.25. The van der Waals surface area contributed by atoms with Gasteiger partial charge in [0, 0.05) is 19.8 Å². The highest BCUT2D eigenvalue weighted by Crippen LogP contribution is 2.53. The quantitative estimate of drug-likeness (QED) is 0.504. The van der Waals surface area contributed by atoms with Crippen molar-refractivity contribution in [2.45, 2.75) is 31.2 Å². The van der Waals surface area contributed by atoms with Crippen molar-refractivity contribution in [2.24, 2.45) is 18.4 Å². The average Bonchev–Trinajstić information content (AvgIpc) is 3.50. The van der Waals surface area contributed by atoms with Crippen LogP contribution in [0.5, 0.6) is 0 Å². The van der Waals surface area contributed by atoms with Gasteiger partial charge in [-0.25, -0.2) is 22.5 Å². The summed E-state index contributed by atoms with van der Waals surface area (Å²) in [6.07, 6.45) is 9.29. The molecule has 176 valence electrons. The number of nitrogens with zero attached hydrogens (tertiary/aromatic N) is 6. The lowest BCUT2D eigenvalue weighted by Crippen LogP contribution is -2.41. The highest BCUT2D eigenvalue weighted by Gasteiger charge is 2.47. The molecule has 2 heterocycles. The van der Waals surface area contributed by atoms with Gasteiger partial charge in [-0.3, -0.25) is 0 Å². The first-order valence-electron chi connectivity index (χ1n) is 11.1. The van der Waals surface area contributed by atoms with Crippen LogP contribution in [-0.4, -0.2) is 45.1 Å². The van der Waals surface area contributed by atoms with Gasteiger partial charge in [-0.1, -0.05) is 12.5 Å². The Morgan fingerprint density at radius 3 is 2.76 bits per heavy atom. The normalized spacial score (nSPS) is 21.7. The largest absolute Gasteiger partial charge is 0.339 e. The molecular weight excluding hydrogens is 455 g/mol. The molecule has 0 N–H and O–H groups in total. The fourth-order valence-corrected chi connectivity index (χ4v) is 6.59. The molecule has 1 saturated carbocycles. The zero-order valence-corrected chi connectivity index (χ0v) is 19.8. The van der Waals surface area contributed by atoms with E-state index in [-0.39, 0.29) is 35.3 Å². The zero-order chi connectivity index (χ0) is 24.1. The SMILES string of the molecule is Cn1cnc(S(=O)(=O)N(CC#N)C[C@H]2CCC3=Cc4c(cnn4-c4ccc(F)cc4)C[C@@]32C)c1. The van der Waals surface area contributed by atoms with Crippen LogP contribution >= 0.6 is 0 Å². The first-order valence-corrected chi connectivity index (χ1v) is 12.6. The van der Waals surface area contributed by atoms with Crippen molar-refractivity contribution in [3.63, 3.8) is 0 Å². The molecule has 2 atom stereocenters. The van der Waals surface area contributed by atoms with Crippen LogP contribution in [0.15, 0.2) is 53.6 Å². The van der Waals surface area contributed by atoms with Crippen LogP contribution in [0, 0.1) is 28.5 Å². The lowest BCUT2D eigenvalue weighted by molar-refractivity contribution is 0.227. The minimum Gasteiger partial charge on any atom is -0.339 e. The van der Waals surface area contributed by atoms with Crippen LogP contribution in [0.4, 0.5) is 4.39 Å². The molecule has 0 unspecified atom stereocenters. The van der Waals surface area contributed by atoms with E-state index in [2.05, 4.69) is 23.1 Å². The predicted molar refractivity (Wildman–Crippen MR) is 124 cm³/mol. The summed E-state index contributed by atoms with van der Waals surface area (Å²) >= 11 is 0. The first-order chi connectivity index (χ1) is 16.2. The van der Waals surface area contributed by atoms with Crippen molar-refractivity contribution in [3.8, 4) is 11.8 Å². The van der Waals surface area contributed by atoms with Crippen LogP contribution in [0.25, 0.3) is 11.8 Å². The fourth-order valence-electron chi connectivity index (χ4n) is 5.24. The highest BCUT2D eigenvalue weighted by molar-refractivity contribution is 7.89. The maximum atomic E-state index is 13.4. The molecule has 3 aromatic rings. The van der Waals surface area contributed by atoms with Gasteiger partial charge in [0.25, 0.3) is 10.0 Å². The number of fused-ring (bicyclic) bond motifs is 2. The van der Waals surface area contributed by atoms with E-state index >= 15 is 0 Å².